The molecule has 28 heavy (non-hydrogen) atoms. The lowest BCUT2D eigenvalue weighted by atomic mass is 9.84. The summed E-state index contributed by atoms with van der Waals surface area (Å²) >= 11 is 0. The lowest BCUT2D eigenvalue weighted by Crippen LogP contribution is -2.49. The quantitative estimate of drug-likeness (QED) is 0.737. The summed E-state index contributed by atoms with van der Waals surface area (Å²) in [5.41, 5.74) is 7.78. The van der Waals surface area contributed by atoms with Crippen LogP contribution in [0.15, 0.2) is 29.2 Å². The fourth-order valence-corrected chi connectivity index (χ4v) is 4.28. The molecule has 2 aromatic heterocycles. The first kappa shape index (κ1) is 19.1. The predicted molar refractivity (Wildman–Crippen MR) is 109 cm³/mol. The summed E-state index contributed by atoms with van der Waals surface area (Å²) in [4.78, 5) is 34.6. The van der Waals surface area contributed by atoms with Gasteiger partial charge in [-0.05, 0) is 36.8 Å². The number of pyridine rings is 2. The zero-order valence-corrected chi connectivity index (χ0v) is 16.8. The van der Waals surface area contributed by atoms with Crippen molar-refractivity contribution in [3.8, 4) is 0 Å². The Kier molecular flexibility index (Phi) is 4.97. The second-order valence-corrected chi connectivity index (χ2v) is 9.11. The number of piperidine rings is 1. The third kappa shape index (κ3) is 3.69. The van der Waals surface area contributed by atoms with E-state index in [-0.39, 0.29) is 34.9 Å². The van der Waals surface area contributed by atoms with E-state index in [4.69, 9.17) is 0 Å². The van der Waals surface area contributed by atoms with Gasteiger partial charge in [-0.15, -0.1) is 0 Å². The number of H-pyrrole nitrogens is 1. The van der Waals surface area contributed by atoms with Crippen LogP contribution in [-0.4, -0.2) is 45.9 Å². The van der Waals surface area contributed by atoms with Crippen molar-refractivity contribution in [3.63, 3.8) is 0 Å². The van der Waals surface area contributed by atoms with Crippen molar-refractivity contribution in [1.29, 1.82) is 0 Å². The van der Waals surface area contributed by atoms with Crippen LogP contribution in [0.4, 0.5) is 0 Å². The summed E-state index contributed by atoms with van der Waals surface area (Å²) in [5.74, 6) is 0.288. The van der Waals surface area contributed by atoms with E-state index in [0.29, 0.717) is 12.1 Å². The summed E-state index contributed by atoms with van der Waals surface area (Å²) in [7, 11) is 0. The number of amides is 1. The van der Waals surface area contributed by atoms with Crippen molar-refractivity contribution >= 4 is 16.8 Å². The van der Waals surface area contributed by atoms with Gasteiger partial charge in [-0.1, -0.05) is 26.8 Å². The molecular weight excluding hydrogens is 354 g/mol. The molecule has 2 fully saturated rings. The second-order valence-electron chi connectivity index (χ2n) is 9.11. The van der Waals surface area contributed by atoms with Crippen molar-refractivity contribution in [2.75, 3.05) is 13.1 Å². The van der Waals surface area contributed by atoms with E-state index in [1.165, 1.54) is 0 Å². The smallest absolute Gasteiger partial charge is 0.274 e. The summed E-state index contributed by atoms with van der Waals surface area (Å²) in [5, 5.41) is 0.847. The summed E-state index contributed by atoms with van der Waals surface area (Å²) in [6, 6.07) is 5.84. The monoisotopic (exact) mass is 383 g/mol. The first-order valence-corrected chi connectivity index (χ1v) is 10.1. The molecule has 7 heteroatoms. The lowest BCUT2D eigenvalue weighted by Gasteiger charge is -2.34. The molecule has 0 aromatic carbocycles. The zero-order chi connectivity index (χ0) is 19.9. The van der Waals surface area contributed by atoms with Gasteiger partial charge in [-0.3, -0.25) is 20.0 Å². The van der Waals surface area contributed by atoms with Crippen molar-refractivity contribution in [1.82, 2.24) is 25.7 Å². The van der Waals surface area contributed by atoms with Crippen LogP contribution in [-0.2, 0) is 4.79 Å². The van der Waals surface area contributed by atoms with Crippen LogP contribution in [0.5, 0.6) is 0 Å². The summed E-state index contributed by atoms with van der Waals surface area (Å²) in [6.45, 7) is 7.95. The van der Waals surface area contributed by atoms with Crippen molar-refractivity contribution in [2.24, 2.45) is 5.41 Å². The highest BCUT2D eigenvalue weighted by molar-refractivity contribution is 5.82. The highest BCUT2D eigenvalue weighted by Gasteiger charge is 2.38. The van der Waals surface area contributed by atoms with E-state index in [2.05, 4.69) is 41.6 Å². The van der Waals surface area contributed by atoms with Gasteiger partial charge in [0.05, 0.1) is 0 Å². The van der Waals surface area contributed by atoms with Gasteiger partial charge in [0.2, 0.25) is 5.91 Å². The van der Waals surface area contributed by atoms with Gasteiger partial charge in [-0.2, -0.15) is 0 Å². The van der Waals surface area contributed by atoms with E-state index in [1.54, 1.807) is 6.20 Å². The minimum atomic E-state index is -0.192. The van der Waals surface area contributed by atoms with Crippen LogP contribution in [0.3, 0.4) is 0 Å². The van der Waals surface area contributed by atoms with E-state index in [1.807, 2.05) is 23.1 Å². The summed E-state index contributed by atoms with van der Waals surface area (Å²) in [6.07, 6.45) is 4.33. The molecule has 3 unspecified atom stereocenters. The maximum absolute atomic E-state index is 13.1. The number of hydrogen-bond acceptors (Lipinski definition) is 5. The van der Waals surface area contributed by atoms with Gasteiger partial charge < -0.3 is 9.88 Å². The molecule has 2 aliphatic rings. The molecule has 7 nitrogen and oxygen atoms in total. The number of carbonyl (C=O) groups is 1. The molecule has 3 atom stereocenters. The number of rotatable bonds is 2. The average molecular weight is 383 g/mol. The van der Waals surface area contributed by atoms with Crippen LogP contribution in [0.1, 0.15) is 51.6 Å². The zero-order valence-electron chi connectivity index (χ0n) is 16.8. The van der Waals surface area contributed by atoms with Crippen LogP contribution < -0.4 is 16.4 Å². The van der Waals surface area contributed by atoms with E-state index >= 15 is 0 Å². The molecule has 3 N–H and O–H groups in total. The van der Waals surface area contributed by atoms with Crippen molar-refractivity contribution < 1.29 is 4.79 Å². The topological polar surface area (TPSA) is 90.1 Å². The molecule has 2 saturated heterocycles. The standard InChI is InChI=1S/C21H29N5O2/c1-21(2,3)17-11-16(24-25-17)20(28)26-9-5-7-14(12-26)15-10-13-6-4-8-22-18(13)19(27)23-15/h4,6,8,10,14,16-17,24-25H,5,7,9,11-12H2,1-3H3,(H,23,27). The first-order chi connectivity index (χ1) is 13.3. The number of carbonyl (C=O) groups excluding carboxylic acids is 1. The Bertz CT molecular complexity index is 932. The number of hydrazine groups is 1. The fourth-order valence-electron chi connectivity index (χ4n) is 4.28. The Labute approximate surface area is 164 Å². The Balaban J connectivity index is 1.49. The third-order valence-electron chi connectivity index (χ3n) is 6.04. The minimum Gasteiger partial charge on any atom is -0.341 e. The number of hydrogen-bond donors (Lipinski definition) is 3. The number of nitrogens with zero attached hydrogens (tertiary/aromatic N) is 2. The molecular formula is C21H29N5O2. The summed E-state index contributed by atoms with van der Waals surface area (Å²) < 4.78 is 0. The van der Waals surface area contributed by atoms with Crippen LogP contribution >= 0.6 is 0 Å². The van der Waals surface area contributed by atoms with Gasteiger partial charge in [0.1, 0.15) is 11.6 Å². The molecule has 2 aliphatic heterocycles. The van der Waals surface area contributed by atoms with E-state index in [9.17, 15) is 9.59 Å². The van der Waals surface area contributed by atoms with E-state index in [0.717, 1.165) is 36.9 Å². The van der Waals surface area contributed by atoms with Gasteiger partial charge in [0, 0.05) is 42.3 Å². The largest absolute Gasteiger partial charge is 0.341 e. The molecule has 1 amide bonds. The normalized spacial score (nSPS) is 26.0. The third-order valence-corrected chi connectivity index (χ3v) is 6.04. The number of nitrogens with one attached hydrogen (secondary N) is 3. The minimum absolute atomic E-state index is 0.102. The van der Waals surface area contributed by atoms with Crippen LogP contribution in [0.25, 0.3) is 10.9 Å². The van der Waals surface area contributed by atoms with Gasteiger partial charge in [0.25, 0.3) is 5.56 Å². The number of fused-ring (bicyclic) bond motifs is 1. The molecule has 0 spiro atoms. The molecule has 0 radical (unpaired) electrons. The van der Waals surface area contributed by atoms with Crippen LogP contribution in [0, 0.1) is 5.41 Å². The Morgan fingerprint density at radius 1 is 1.29 bits per heavy atom. The maximum atomic E-state index is 13.1. The fraction of sp³-hybridized carbons (Fsp3) is 0.571. The molecule has 0 aliphatic carbocycles. The van der Waals surface area contributed by atoms with E-state index < -0.39 is 0 Å². The Morgan fingerprint density at radius 3 is 2.86 bits per heavy atom. The second kappa shape index (κ2) is 7.29. The number of aromatic amines is 1. The number of aromatic nitrogens is 2. The van der Waals surface area contributed by atoms with Gasteiger partial charge in [-0.25, -0.2) is 5.43 Å². The molecule has 0 bridgehead atoms. The average Bonchev–Trinajstić information content (AvgIpc) is 3.18. The predicted octanol–water partition coefficient (Wildman–Crippen LogP) is 1.91. The SMILES string of the molecule is CC(C)(C)C1CC(C(=O)N2CCCC(c3cc4cccnc4c(=O)[nH]3)C2)NN1. The Morgan fingerprint density at radius 2 is 2.11 bits per heavy atom. The number of likely N-dealkylation sites (tertiary alicyclic amines) is 1. The van der Waals surface area contributed by atoms with Crippen molar-refractivity contribution in [2.45, 2.75) is 58.0 Å². The first-order valence-electron chi connectivity index (χ1n) is 10.1. The molecule has 4 heterocycles. The molecule has 4 rings (SSSR count). The highest BCUT2D eigenvalue weighted by Crippen LogP contribution is 2.29. The molecule has 150 valence electrons. The van der Waals surface area contributed by atoms with Crippen LogP contribution in [0.2, 0.25) is 0 Å². The maximum Gasteiger partial charge on any atom is 0.274 e. The molecule has 0 saturated carbocycles. The highest BCUT2D eigenvalue weighted by atomic mass is 16.2. The molecule has 2 aromatic rings. The van der Waals surface area contributed by atoms with Gasteiger partial charge in [0.15, 0.2) is 0 Å². The van der Waals surface area contributed by atoms with Gasteiger partial charge >= 0.3 is 0 Å². The Hall–Kier alpha value is -2.25. The van der Waals surface area contributed by atoms with Crippen molar-refractivity contribution in [3.05, 3.63) is 40.4 Å². The lowest BCUT2D eigenvalue weighted by molar-refractivity contribution is -0.134.